The molecule has 0 radical (unpaired) electrons. The molecule has 0 spiro atoms. The van der Waals surface area contributed by atoms with E-state index in [1.165, 1.54) is 15.4 Å². The number of hydrogen-bond acceptors (Lipinski definition) is 4. The minimum atomic E-state index is -3.58. The van der Waals surface area contributed by atoms with Crippen molar-refractivity contribution < 1.29 is 8.42 Å². The van der Waals surface area contributed by atoms with E-state index in [0.29, 0.717) is 11.6 Å². The van der Waals surface area contributed by atoms with Crippen LogP contribution in [0.15, 0.2) is 4.90 Å². The molecule has 1 aromatic rings. The Morgan fingerprint density at radius 3 is 2.55 bits per heavy atom. The highest BCUT2D eigenvalue weighted by Gasteiger charge is 2.34. The second kappa shape index (κ2) is 5.37. The lowest BCUT2D eigenvalue weighted by molar-refractivity contribution is 0.239. The fourth-order valence-electron chi connectivity index (χ4n) is 3.01. The summed E-state index contributed by atoms with van der Waals surface area (Å²) in [6.07, 6.45) is 4.08. The molecule has 0 saturated heterocycles. The van der Waals surface area contributed by atoms with E-state index in [-0.39, 0.29) is 16.8 Å². The van der Waals surface area contributed by atoms with Gasteiger partial charge >= 0.3 is 0 Å². The minimum Gasteiger partial charge on any atom is -0.381 e. The van der Waals surface area contributed by atoms with Crippen molar-refractivity contribution in [3.8, 4) is 0 Å². The van der Waals surface area contributed by atoms with Crippen LogP contribution in [-0.2, 0) is 17.1 Å². The minimum absolute atomic E-state index is 0.0581. The van der Waals surface area contributed by atoms with Gasteiger partial charge in [-0.15, -0.1) is 0 Å². The maximum Gasteiger partial charge on any atom is 0.248 e. The molecule has 2 unspecified atom stereocenters. The summed E-state index contributed by atoms with van der Waals surface area (Å²) in [5.41, 5.74) is 6.37. The molecule has 1 aliphatic carbocycles. The van der Waals surface area contributed by atoms with Gasteiger partial charge in [0.15, 0.2) is 5.82 Å². The Bertz CT molecular complexity index is 594. The van der Waals surface area contributed by atoms with Crippen LogP contribution in [0.2, 0.25) is 0 Å². The molecule has 1 fully saturated rings. The van der Waals surface area contributed by atoms with Crippen molar-refractivity contribution in [3.63, 3.8) is 0 Å². The van der Waals surface area contributed by atoms with Crippen molar-refractivity contribution in [3.05, 3.63) is 5.69 Å². The SMILES string of the molecule is Cc1c(S(=O)(=O)N(C)C2CCCC(C)C2)c(N)nn1C. The van der Waals surface area contributed by atoms with E-state index in [9.17, 15) is 8.42 Å². The maximum atomic E-state index is 12.8. The summed E-state index contributed by atoms with van der Waals surface area (Å²) < 4.78 is 28.6. The lowest BCUT2D eigenvalue weighted by Gasteiger charge is -2.33. The van der Waals surface area contributed by atoms with Crippen molar-refractivity contribution in [1.29, 1.82) is 0 Å². The third kappa shape index (κ3) is 2.56. The highest BCUT2D eigenvalue weighted by molar-refractivity contribution is 7.89. The van der Waals surface area contributed by atoms with Crippen LogP contribution in [0.25, 0.3) is 0 Å². The number of nitrogen functional groups attached to an aromatic ring is 1. The van der Waals surface area contributed by atoms with Crippen molar-refractivity contribution >= 4 is 15.8 Å². The largest absolute Gasteiger partial charge is 0.381 e. The molecule has 6 nitrogen and oxygen atoms in total. The second-order valence-electron chi connectivity index (χ2n) is 5.87. The Morgan fingerprint density at radius 2 is 2.05 bits per heavy atom. The van der Waals surface area contributed by atoms with Gasteiger partial charge in [-0.2, -0.15) is 9.40 Å². The standard InChI is InChI=1S/C13H24N4O2S/c1-9-6-5-7-11(8-9)17(4)20(18,19)12-10(2)16(3)15-13(12)14/h9,11H,5-8H2,1-4H3,(H2,14,15). The monoisotopic (exact) mass is 300 g/mol. The Morgan fingerprint density at radius 1 is 1.40 bits per heavy atom. The topological polar surface area (TPSA) is 81.2 Å². The van der Waals surface area contributed by atoms with Gasteiger partial charge in [-0.25, -0.2) is 8.42 Å². The first kappa shape index (κ1) is 15.3. The van der Waals surface area contributed by atoms with Gasteiger partial charge in [-0.05, 0) is 25.7 Å². The van der Waals surface area contributed by atoms with Crippen LogP contribution >= 0.6 is 0 Å². The first-order chi connectivity index (χ1) is 9.25. The molecule has 0 aliphatic heterocycles. The number of sulfonamides is 1. The Kier molecular flexibility index (Phi) is 4.11. The summed E-state index contributed by atoms with van der Waals surface area (Å²) in [5, 5.41) is 4.01. The Hall–Kier alpha value is -1.08. The van der Waals surface area contributed by atoms with Crippen LogP contribution in [-0.4, -0.2) is 35.6 Å². The van der Waals surface area contributed by atoms with Crippen molar-refractivity contribution in [2.75, 3.05) is 12.8 Å². The second-order valence-corrected chi connectivity index (χ2v) is 7.80. The van der Waals surface area contributed by atoms with Crippen molar-refractivity contribution in [1.82, 2.24) is 14.1 Å². The van der Waals surface area contributed by atoms with Crippen LogP contribution in [0, 0.1) is 12.8 Å². The number of rotatable bonds is 3. The first-order valence-electron chi connectivity index (χ1n) is 7.02. The average molecular weight is 300 g/mol. The molecule has 2 N–H and O–H groups in total. The molecule has 2 rings (SSSR count). The smallest absolute Gasteiger partial charge is 0.248 e. The average Bonchev–Trinajstić information content (AvgIpc) is 2.62. The summed E-state index contributed by atoms with van der Waals surface area (Å²) >= 11 is 0. The van der Waals surface area contributed by atoms with E-state index in [1.54, 1.807) is 21.0 Å². The van der Waals surface area contributed by atoms with Gasteiger partial charge in [0.1, 0.15) is 4.90 Å². The summed E-state index contributed by atoms with van der Waals surface area (Å²) in [6, 6.07) is 0.0581. The lowest BCUT2D eigenvalue weighted by Crippen LogP contribution is -2.40. The third-order valence-corrected chi connectivity index (χ3v) is 6.44. The van der Waals surface area contributed by atoms with Crippen molar-refractivity contribution in [2.45, 2.75) is 50.5 Å². The maximum absolute atomic E-state index is 12.8. The first-order valence-corrected chi connectivity index (χ1v) is 8.46. The predicted molar refractivity (Wildman–Crippen MR) is 78.7 cm³/mol. The molecule has 1 aromatic heterocycles. The number of nitrogens with zero attached hydrogens (tertiary/aromatic N) is 3. The van der Waals surface area contributed by atoms with E-state index in [4.69, 9.17) is 5.73 Å². The van der Waals surface area contributed by atoms with Crippen LogP contribution < -0.4 is 5.73 Å². The molecule has 7 heteroatoms. The summed E-state index contributed by atoms with van der Waals surface area (Å²) in [5.74, 6) is 0.652. The Balaban J connectivity index is 2.34. The van der Waals surface area contributed by atoms with Gasteiger partial charge < -0.3 is 5.73 Å². The molecule has 0 bridgehead atoms. The van der Waals surface area contributed by atoms with E-state index < -0.39 is 10.0 Å². The zero-order valence-corrected chi connectivity index (χ0v) is 13.4. The fourth-order valence-corrected chi connectivity index (χ4v) is 4.69. The zero-order valence-electron chi connectivity index (χ0n) is 12.6. The molecule has 0 amide bonds. The molecule has 114 valence electrons. The van der Waals surface area contributed by atoms with Gasteiger partial charge in [0, 0.05) is 20.1 Å². The van der Waals surface area contributed by atoms with Crippen molar-refractivity contribution in [2.24, 2.45) is 13.0 Å². The van der Waals surface area contributed by atoms with Crippen LogP contribution in [0.5, 0.6) is 0 Å². The zero-order chi connectivity index (χ0) is 15.1. The number of hydrogen-bond donors (Lipinski definition) is 1. The van der Waals surface area contributed by atoms with Crippen LogP contribution in [0.4, 0.5) is 5.82 Å². The van der Waals surface area contributed by atoms with Gasteiger partial charge in [0.25, 0.3) is 0 Å². The molecule has 1 aliphatic rings. The molecular weight excluding hydrogens is 276 g/mol. The van der Waals surface area contributed by atoms with Gasteiger partial charge in [-0.1, -0.05) is 19.8 Å². The third-order valence-electron chi connectivity index (χ3n) is 4.36. The normalized spacial score (nSPS) is 24.2. The van der Waals surface area contributed by atoms with E-state index >= 15 is 0 Å². The predicted octanol–water partition coefficient (Wildman–Crippen LogP) is 1.51. The molecule has 20 heavy (non-hydrogen) atoms. The summed E-state index contributed by atoms with van der Waals surface area (Å²) in [7, 11) is -0.219. The number of aryl methyl sites for hydroxylation is 1. The summed E-state index contributed by atoms with van der Waals surface area (Å²) in [6.45, 7) is 3.91. The molecule has 1 saturated carbocycles. The molecule has 0 aromatic carbocycles. The van der Waals surface area contributed by atoms with Gasteiger partial charge in [0.05, 0.1) is 5.69 Å². The van der Waals surface area contributed by atoms with E-state index in [2.05, 4.69) is 12.0 Å². The van der Waals surface area contributed by atoms with Crippen LogP contribution in [0.1, 0.15) is 38.3 Å². The highest BCUT2D eigenvalue weighted by atomic mass is 32.2. The van der Waals surface area contributed by atoms with E-state index in [0.717, 1.165) is 19.3 Å². The highest BCUT2D eigenvalue weighted by Crippen LogP contribution is 2.32. The molecule has 2 atom stereocenters. The fraction of sp³-hybridized carbons (Fsp3) is 0.769. The lowest BCUT2D eigenvalue weighted by atomic mass is 9.87. The molecular formula is C13H24N4O2S. The van der Waals surface area contributed by atoms with Crippen LogP contribution in [0.3, 0.4) is 0 Å². The quantitative estimate of drug-likeness (QED) is 0.917. The van der Waals surface area contributed by atoms with Gasteiger partial charge in [-0.3, -0.25) is 4.68 Å². The molecule has 1 heterocycles. The Labute approximate surface area is 121 Å². The van der Waals surface area contributed by atoms with E-state index in [1.807, 2.05) is 0 Å². The summed E-state index contributed by atoms with van der Waals surface area (Å²) in [4.78, 5) is 0.153. The van der Waals surface area contributed by atoms with Gasteiger partial charge in [0.2, 0.25) is 10.0 Å². The number of aromatic nitrogens is 2. The number of nitrogens with two attached hydrogens (primary N) is 1. The number of anilines is 1.